The first-order chi connectivity index (χ1) is 13.9. The summed E-state index contributed by atoms with van der Waals surface area (Å²) in [5, 5.41) is 18.6. The molecule has 1 aromatic rings. The quantitative estimate of drug-likeness (QED) is 0.743. The van der Waals surface area contributed by atoms with Crippen LogP contribution < -0.4 is 5.32 Å². The molecule has 0 aliphatic carbocycles. The van der Waals surface area contributed by atoms with Gasteiger partial charge in [0.15, 0.2) is 0 Å². The molecule has 29 heavy (non-hydrogen) atoms. The van der Waals surface area contributed by atoms with Gasteiger partial charge in [-0.2, -0.15) is 5.10 Å². The molecule has 2 aliphatic rings. The summed E-state index contributed by atoms with van der Waals surface area (Å²) < 4.78 is 1.81. The van der Waals surface area contributed by atoms with Gasteiger partial charge in [0, 0.05) is 58.4 Å². The molecule has 0 radical (unpaired) electrons. The number of aliphatic hydroxyl groups is 1. The van der Waals surface area contributed by atoms with E-state index >= 15 is 0 Å². The SMILES string of the molecule is CCCn1ccc(C(=O)N2CCCC(O)(CN3CCC(NC(C)=O)CC3)CC2)n1. The fraction of sp³-hybridized carbons (Fsp3) is 0.762. The van der Waals surface area contributed by atoms with Gasteiger partial charge in [-0.05, 0) is 44.6 Å². The zero-order chi connectivity index (χ0) is 20.9. The lowest BCUT2D eigenvalue weighted by molar-refractivity contribution is -0.120. The van der Waals surface area contributed by atoms with Gasteiger partial charge >= 0.3 is 0 Å². The number of aryl methyl sites for hydroxylation is 1. The summed E-state index contributed by atoms with van der Waals surface area (Å²) in [6.45, 7) is 8.06. The molecule has 3 rings (SSSR count). The number of nitrogens with zero attached hydrogens (tertiary/aromatic N) is 4. The van der Waals surface area contributed by atoms with Gasteiger partial charge in [-0.25, -0.2) is 0 Å². The van der Waals surface area contributed by atoms with E-state index in [2.05, 4.69) is 22.2 Å². The summed E-state index contributed by atoms with van der Waals surface area (Å²) in [6, 6.07) is 2.03. The van der Waals surface area contributed by atoms with Crippen LogP contribution in [0.15, 0.2) is 12.3 Å². The van der Waals surface area contributed by atoms with E-state index in [1.54, 1.807) is 13.0 Å². The summed E-state index contributed by atoms with van der Waals surface area (Å²) in [4.78, 5) is 28.2. The smallest absolute Gasteiger partial charge is 0.274 e. The highest BCUT2D eigenvalue weighted by Gasteiger charge is 2.35. The maximum atomic E-state index is 12.8. The first-order valence-electron chi connectivity index (χ1n) is 10.9. The number of likely N-dealkylation sites (tertiary alicyclic amines) is 2. The van der Waals surface area contributed by atoms with Crippen LogP contribution in [0.4, 0.5) is 0 Å². The van der Waals surface area contributed by atoms with E-state index in [-0.39, 0.29) is 17.9 Å². The molecule has 2 N–H and O–H groups in total. The molecule has 8 nitrogen and oxygen atoms in total. The van der Waals surface area contributed by atoms with Crippen LogP contribution in [0, 0.1) is 0 Å². The Labute approximate surface area is 173 Å². The fourth-order valence-corrected chi connectivity index (χ4v) is 4.47. The lowest BCUT2D eigenvalue weighted by Crippen LogP contribution is -2.50. The van der Waals surface area contributed by atoms with Crippen molar-refractivity contribution in [3.8, 4) is 0 Å². The van der Waals surface area contributed by atoms with E-state index in [0.29, 0.717) is 38.2 Å². The van der Waals surface area contributed by atoms with E-state index in [4.69, 9.17) is 0 Å². The number of nitrogens with one attached hydrogen (secondary N) is 1. The van der Waals surface area contributed by atoms with Gasteiger partial charge in [0.25, 0.3) is 5.91 Å². The average molecular weight is 406 g/mol. The van der Waals surface area contributed by atoms with Crippen molar-refractivity contribution < 1.29 is 14.7 Å². The molecule has 2 aliphatic heterocycles. The fourth-order valence-electron chi connectivity index (χ4n) is 4.47. The molecule has 2 amide bonds. The third-order valence-electron chi connectivity index (χ3n) is 6.03. The van der Waals surface area contributed by atoms with Crippen molar-refractivity contribution in [1.29, 1.82) is 0 Å². The molecule has 0 aromatic carbocycles. The summed E-state index contributed by atoms with van der Waals surface area (Å²) in [7, 11) is 0. The number of hydrogen-bond acceptors (Lipinski definition) is 5. The summed E-state index contributed by atoms with van der Waals surface area (Å²) in [5.41, 5.74) is -0.277. The molecule has 0 bridgehead atoms. The zero-order valence-electron chi connectivity index (χ0n) is 17.8. The predicted octanol–water partition coefficient (Wildman–Crippen LogP) is 1.25. The van der Waals surface area contributed by atoms with E-state index in [9.17, 15) is 14.7 Å². The minimum atomic E-state index is -0.766. The standard InChI is InChI=1S/C21H35N5O3/c1-3-10-26-14-7-19(23-26)20(28)25-11-4-8-21(29,9-15-25)16-24-12-5-18(6-13-24)22-17(2)27/h7,14,18,29H,3-6,8-13,15-16H2,1-2H3,(H,22,27). The van der Waals surface area contributed by atoms with Gasteiger partial charge in [-0.1, -0.05) is 6.92 Å². The Kier molecular flexibility index (Phi) is 7.29. The van der Waals surface area contributed by atoms with Crippen molar-refractivity contribution in [2.75, 3.05) is 32.7 Å². The van der Waals surface area contributed by atoms with E-state index in [1.807, 2.05) is 15.8 Å². The van der Waals surface area contributed by atoms with Crippen molar-refractivity contribution in [3.05, 3.63) is 18.0 Å². The largest absolute Gasteiger partial charge is 0.388 e. The number of piperidine rings is 1. The first kappa shape index (κ1) is 21.8. The Bertz CT molecular complexity index is 698. The number of β-amino-alcohol motifs (C(OH)–C–C–N with tert-alkyl or cyclic N) is 1. The molecule has 2 saturated heterocycles. The molecule has 3 heterocycles. The molecule has 8 heteroatoms. The van der Waals surface area contributed by atoms with Crippen molar-refractivity contribution in [3.63, 3.8) is 0 Å². The van der Waals surface area contributed by atoms with Crippen LogP contribution in [0.5, 0.6) is 0 Å². The van der Waals surface area contributed by atoms with Crippen LogP contribution >= 0.6 is 0 Å². The van der Waals surface area contributed by atoms with Crippen LogP contribution in [-0.2, 0) is 11.3 Å². The van der Waals surface area contributed by atoms with Crippen molar-refractivity contribution in [2.24, 2.45) is 0 Å². The molecular formula is C21H35N5O3. The van der Waals surface area contributed by atoms with Crippen LogP contribution in [0.25, 0.3) is 0 Å². The third-order valence-corrected chi connectivity index (χ3v) is 6.03. The Morgan fingerprint density at radius 1 is 1.24 bits per heavy atom. The second-order valence-electron chi connectivity index (χ2n) is 8.59. The van der Waals surface area contributed by atoms with Gasteiger partial charge in [0.1, 0.15) is 5.69 Å². The molecule has 1 unspecified atom stereocenters. The lowest BCUT2D eigenvalue weighted by atomic mass is 9.93. The number of carbonyl (C=O) groups excluding carboxylic acids is 2. The van der Waals surface area contributed by atoms with E-state index in [0.717, 1.165) is 45.3 Å². The minimum Gasteiger partial charge on any atom is -0.388 e. The highest BCUT2D eigenvalue weighted by Crippen LogP contribution is 2.26. The van der Waals surface area contributed by atoms with Crippen LogP contribution in [-0.4, -0.2) is 80.9 Å². The highest BCUT2D eigenvalue weighted by molar-refractivity contribution is 5.92. The number of rotatable bonds is 6. The summed E-state index contributed by atoms with van der Waals surface area (Å²) in [5.74, 6) is -0.0182. The maximum Gasteiger partial charge on any atom is 0.274 e. The van der Waals surface area contributed by atoms with Crippen LogP contribution in [0.2, 0.25) is 0 Å². The molecule has 2 fully saturated rings. The molecule has 1 atom stereocenters. The van der Waals surface area contributed by atoms with Gasteiger partial charge < -0.3 is 20.2 Å². The Hall–Kier alpha value is -1.93. The third kappa shape index (κ3) is 6.02. The molecule has 162 valence electrons. The molecule has 0 saturated carbocycles. The van der Waals surface area contributed by atoms with E-state index < -0.39 is 5.60 Å². The van der Waals surface area contributed by atoms with E-state index in [1.165, 1.54) is 0 Å². The number of hydrogen-bond donors (Lipinski definition) is 2. The summed E-state index contributed by atoms with van der Waals surface area (Å²) >= 11 is 0. The van der Waals surface area contributed by atoms with Gasteiger partial charge in [0.2, 0.25) is 5.91 Å². The molecular weight excluding hydrogens is 370 g/mol. The Balaban J connectivity index is 1.50. The lowest BCUT2D eigenvalue weighted by Gasteiger charge is -2.38. The molecule has 0 spiro atoms. The Morgan fingerprint density at radius 3 is 2.69 bits per heavy atom. The minimum absolute atomic E-state index is 0.0233. The highest BCUT2D eigenvalue weighted by atomic mass is 16.3. The number of carbonyl (C=O) groups is 2. The maximum absolute atomic E-state index is 12.8. The second kappa shape index (κ2) is 9.71. The molecule has 1 aromatic heterocycles. The normalized spacial score (nSPS) is 24.3. The van der Waals surface area contributed by atoms with Gasteiger partial charge in [-0.15, -0.1) is 0 Å². The topological polar surface area (TPSA) is 90.7 Å². The average Bonchev–Trinajstić information content (AvgIpc) is 3.05. The number of aromatic nitrogens is 2. The monoisotopic (exact) mass is 405 g/mol. The van der Waals surface area contributed by atoms with Crippen molar-refractivity contribution >= 4 is 11.8 Å². The van der Waals surface area contributed by atoms with Crippen LogP contribution in [0.3, 0.4) is 0 Å². The Morgan fingerprint density at radius 2 is 2.00 bits per heavy atom. The zero-order valence-corrected chi connectivity index (χ0v) is 17.8. The van der Waals surface area contributed by atoms with Gasteiger partial charge in [0.05, 0.1) is 5.60 Å². The van der Waals surface area contributed by atoms with Crippen molar-refractivity contribution in [1.82, 2.24) is 24.9 Å². The van der Waals surface area contributed by atoms with Crippen LogP contribution in [0.1, 0.15) is 62.9 Å². The van der Waals surface area contributed by atoms with Gasteiger partial charge in [-0.3, -0.25) is 14.3 Å². The second-order valence-corrected chi connectivity index (χ2v) is 8.59. The summed E-state index contributed by atoms with van der Waals surface area (Å²) in [6.07, 6.45) is 6.75. The first-order valence-corrected chi connectivity index (χ1v) is 10.9. The van der Waals surface area contributed by atoms with Crippen molar-refractivity contribution in [2.45, 2.75) is 70.6 Å². The number of amides is 2. The predicted molar refractivity (Wildman–Crippen MR) is 111 cm³/mol.